The van der Waals surface area contributed by atoms with E-state index in [4.69, 9.17) is 0 Å². The molecule has 0 saturated heterocycles. The van der Waals surface area contributed by atoms with Gasteiger partial charge in [0.2, 0.25) is 0 Å². The highest BCUT2D eigenvalue weighted by Gasteiger charge is 2.20. The standard InChI is InChI=1S/C14H16O4/c1-10(11-7-5-4-6-8-11)9-12(13(15)17-2)14(16)18-3/h4-10H,1-3H3/t10-/m1/s1. The molecule has 0 radical (unpaired) electrons. The maximum Gasteiger partial charge on any atom is 0.344 e. The van der Waals surface area contributed by atoms with Gasteiger partial charge in [-0.15, -0.1) is 0 Å². The second-order valence-corrected chi connectivity index (χ2v) is 3.76. The Kier molecular flexibility index (Phi) is 5.11. The van der Waals surface area contributed by atoms with Crippen LogP contribution in [0.2, 0.25) is 0 Å². The summed E-state index contributed by atoms with van der Waals surface area (Å²) in [4.78, 5) is 23.0. The summed E-state index contributed by atoms with van der Waals surface area (Å²) in [5, 5.41) is 0. The summed E-state index contributed by atoms with van der Waals surface area (Å²) in [6, 6.07) is 9.55. The molecule has 0 aromatic heterocycles. The van der Waals surface area contributed by atoms with Crippen molar-refractivity contribution in [2.75, 3.05) is 14.2 Å². The Bertz CT molecular complexity index is 430. The van der Waals surface area contributed by atoms with Crippen LogP contribution >= 0.6 is 0 Å². The van der Waals surface area contributed by atoms with Crippen LogP contribution in [0.3, 0.4) is 0 Å². The van der Waals surface area contributed by atoms with Crippen LogP contribution in [-0.2, 0) is 19.1 Å². The highest BCUT2D eigenvalue weighted by atomic mass is 16.5. The minimum absolute atomic E-state index is 0.0839. The zero-order valence-electron chi connectivity index (χ0n) is 10.7. The minimum atomic E-state index is -0.690. The number of rotatable bonds is 4. The van der Waals surface area contributed by atoms with Gasteiger partial charge in [-0.05, 0) is 5.56 Å². The van der Waals surface area contributed by atoms with E-state index in [0.29, 0.717) is 0 Å². The van der Waals surface area contributed by atoms with Gasteiger partial charge >= 0.3 is 11.9 Å². The van der Waals surface area contributed by atoms with Gasteiger partial charge in [-0.1, -0.05) is 43.3 Å². The summed E-state index contributed by atoms with van der Waals surface area (Å²) in [6.45, 7) is 1.89. The van der Waals surface area contributed by atoms with Gasteiger partial charge in [0.1, 0.15) is 5.57 Å². The number of carbonyl (C=O) groups is 2. The third-order valence-corrected chi connectivity index (χ3v) is 2.55. The number of methoxy groups -OCH3 is 2. The molecule has 1 atom stereocenters. The summed E-state index contributed by atoms with van der Waals surface area (Å²) in [7, 11) is 2.46. The van der Waals surface area contributed by atoms with Crippen LogP contribution in [0, 0.1) is 0 Å². The molecule has 0 aliphatic heterocycles. The molecule has 0 heterocycles. The second-order valence-electron chi connectivity index (χ2n) is 3.76. The SMILES string of the molecule is COC(=O)C(=C[C@@H](C)c1ccccc1)C(=O)OC. The van der Waals surface area contributed by atoms with E-state index in [2.05, 4.69) is 9.47 Å². The molecule has 1 aromatic rings. The first-order valence-electron chi connectivity index (χ1n) is 5.53. The predicted molar refractivity (Wildman–Crippen MR) is 67.0 cm³/mol. The monoisotopic (exact) mass is 248 g/mol. The lowest BCUT2D eigenvalue weighted by Crippen LogP contribution is -2.16. The Labute approximate surface area is 106 Å². The Hall–Kier alpha value is -2.10. The number of hydrogen-bond acceptors (Lipinski definition) is 4. The molecule has 0 amide bonds. The lowest BCUT2D eigenvalue weighted by atomic mass is 9.98. The zero-order chi connectivity index (χ0) is 13.5. The average molecular weight is 248 g/mol. The fourth-order valence-electron chi connectivity index (χ4n) is 1.54. The molecule has 0 spiro atoms. The average Bonchev–Trinajstić information content (AvgIpc) is 2.43. The molecule has 0 bridgehead atoms. The van der Waals surface area contributed by atoms with E-state index in [-0.39, 0.29) is 11.5 Å². The fraction of sp³-hybridized carbons (Fsp3) is 0.286. The van der Waals surface area contributed by atoms with Crippen LogP contribution in [0.25, 0.3) is 0 Å². The van der Waals surface area contributed by atoms with E-state index < -0.39 is 11.9 Å². The Morgan fingerprint density at radius 3 is 2.00 bits per heavy atom. The van der Waals surface area contributed by atoms with Crippen LogP contribution < -0.4 is 0 Å². The molecule has 4 heteroatoms. The van der Waals surface area contributed by atoms with E-state index in [9.17, 15) is 9.59 Å². The number of benzene rings is 1. The van der Waals surface area contributed by atoms with Gasteiger partial charge in [0.15, 0.2) is 0 Å². The number of hydrogen-bond donors (Lipinski definition) is 0. The summed E-state index contributed by atoms with van der Waals surface area (Å²) in [6.07, 6.45) is 1.55. The molecule has 0 aliphatic rings. The lowest BCUT2D eigenvalue weighted by Gasteiger charge is -2.09. The Morgan fingerprint density at radius 1 is 1.06 bits per heavy atom. The van der Waals surface area contributed by atoms with E-state index >= 15 is 0 Å². The van der Waals surface area contributed by atoms with Gasteiger partial charge in [0.25, 0.3) is 0 Å². The van der Waals surface area contributed by atoms with Gasteiger partial charge in [0.05, 0.1) is 14.2 Å². The molecular formula is C14H16O4. The molecule has 0 aliphatic carbocycles. The molecule has 18 heavy (non-hydrogen) atoms. The molecular weight excluding hydrogens is 232 g/mol. The van der Waals surface area contributed by atoms with Gasteiger partial charge in [0, 0.05) is 5.92 Å². The molecule has 0 fully saturated rings. The zero-order valence-corrected chi connectivity index (χ0v) is 10.7. The van der Waals surface area contributed by atoms with Gasteiger partial charge < -0.3 is 9.47 Å². The number of ether oxygens (including phenoxy) is 2. The topological polar surface area (TPSA) is 52.6 Å². The summed E-state index contributed by atoms with van der Waals surface area (Å²) < 4.78 is 9.13. The van der Waals surface area contributed by atoms with Crippen LogP contribution in [0.1, 0.15) is 18.4 Å². The van der Waals surface area contributed by atoms with Crippen molar-refractivity contribution in [2.24, 2.45) is 0 Å². The van der Waals surface area contributed by atoms with Crippen molar-refractivity contribution < 1.29 is 19.1 Å². The summed E-state index contributed by atoms with van der Waals surface area (Å²) in [5.74, 6) is -1.46. The molecule has 0 saturated carbocycles. The normalized spacial score (nSPS) is 11.3. The number of allylic oxidation sites excluding steroid dienone is 1. The Balaban J connectivity index is 3.02. The lowest BCUT2D eigenvalue weighted by molar-refractivity contribution is -0.144. The third-order valence-electron chi connectivity index (χ3n) is 2.55. The highest BCUT2D eigenvalue weighted by Crippen LogP contribution is 2.18. The van der Waals surface area contributed by atoms with Crippen molar-refractivity contribution in [3.63, 3.8) is 0 Å². The first-order chi connectivity index (χ1) is 8.60. The molecule has 0 N–H and O–H groups in total. The van der Waals surface area contributed by atoms with Crippen molar-refractivity contribution >= 4 is 11.9 Å². The largest absolute Gasteiger partial charge is 0.465 e. The molecule has 0 unspecified atom stereocenters. The first kappa shape index (κ1) is 14.0. The van der Waals surface area contributed by atoms with E-state index in [1.54, 1.807) is 6.08 Å². The molecule has 1 aromatic carbocycles. The Morgan fingerprint density at radius 2 is 1.56 bits per heavy atom. The summed E-state index contributed by atoms with van der Waals surface area (Å²) >= 11 is 0. The second kappa shape index (κ2) is 6.59. The summed E-state index contributed by atoms with van der Waals surface area (Å²) in [5.41, 5.74) is 0.916. The molecule has 4 nitrogen and oxygen atoms in total. The van der Waals surface area contributed by atoms with Crippen LogP contribution in [0.5, 0.6) is 0 Å². The van der Waals surface area contributed by atoms with Gasteiger partial charge in [-0.3, -0.25) is 0 Å². The quantitative estimate of drug-likeness (QED) is 0.354. The third kappa shape index (κ3) is 3.45. The maximum absolute atomic E-state index is 11.5. The van der Waals surface area contributed by atoms with Gasteiger partial charge in [-0.2, -0.15) is 0 Å². The van der Waals surface area contributed by atoms with Crippen molar-refractivity contribution in [3.8, 4) is 0 Å². The van der Waals surface area contributed by atoms with Crippen LogP contribution in [0.4, 0.5) is 0 Å². The smallest absolute Gasteiger partial charge is 0.344 e. The van der Waals surface area contributed by atoms with Crippen molar-refractivity contribution in [2.45, 2.75) is 12.8 Å². The van der Waals surface area contributed by atoms with Crippen molar-refractivity contribution in [1.29, 1.82) is 0 Å². The minimum Gasteiger partial charge on any atom is -0.465 e. The van der Waals surface area contributed by atoms with Gasteiger partial charge in [-0.25, -0.2) is 9.59 Å². The highest BCUT2D eigenvalue weighted by molar-refractivity contribution is 6.14. The van der Waals surface area contributed by atoms with E-state index in [0.717, 1.165) is 5.56 Å². The van der Waals surface area contributed by atoms with Crippen molar-refractivity contribution in [3.05, 3.63) is 47.5 Å². The molecule has 1 rings (SSSR count). The molecule has 96 valence electrons. The number of esters is 2. The van der Waals surface area contributed by atoms with E-state index in [1.165, 1.54) is 14.2 Å². The fourth-order valence-corrected chi connectivity index (χ4v) is 1.54. The maximum atomic E-state index is 11.5. The van der Waals surface area contributed by atoms with Crippen LogP contribution in [-0.4, -0.2) is 26.2 Å². The van der Waals surface area contributed by atoms with Crippen molar-refractivity contribution in [1.82, 2.24) is 0 Å². The van der Waals surface area contributed by atoms with E-state index in [1.807, 2.05) is 37.3 Å². The number of carbonyl (C=O) groups excluding carboxylic acids is 2. The van der Waals surface area contributed by atoms with Crippen LogP contribution in [0.15, 0.2) is 42.0 Å². The predicted octanol–water partition coefficient (Wildman–Crippen LogP) is 2.06. The first-order valence-corrected chi connectivity index (χ1v) is 5.53.